The highest BCUT2D eigenvalue weighted by Gasteiger charge is 2.14. The summed E-state index contributed by atoms with van der Waals surface area (Å²) in [6.07, 6.45) is 1.85. The quantitative estimate of drug-likeness (QED) is 0.420. The number of hydrogen-bond donors (Lipinski definition) is 2. The van der Waals surface area contributed by atoms with E-state index < -0.39 is 4.05 Å². The smallest absolute Gasteiger partial charge is 0.333 e. The van der Waals surface area contributed by atoms with Crippen molar-refractivity contribution in [2.75, 3.05) is 0 Å². The van der Waals surface area contributed by atoms with Gasteiger partial charge in [-0.1, -0.05) is 38.1 Å². The Bertz CT molecular complexity index is 629. The van der Waals surface area contributed by atoms with Gasteiger partial charge in [0.2, 0.25) is 0 Å². The minimum absolute atomic E-state index is 0.284. The molecule has 2 N–H and O–H groups in total. The Morgan fingerprint density at radius 3 is 1.20 bits per heavy atom. The van der Waals surface area contributed by atoms with E-state index in [1.165, 1.54) is 11.1 Å². The highest BCUT2D eigenvalue weighted by Crippen LogP contribution is 2.32. The molecule has 2 nitrogen and oxygen atoms in total. The van der Waals surface area contributed by atoms with Crippen LogP contribution in [0.4, 0.5) is 4.39 Å². The average Bonchev–Trinajstić information content (AvgIpc) is 2.53. The fourth-order valence-corrected chi connectivity index (χ4v) is 2.51. The molecule has 2 rings (SSSR count). The number of hydrogen-bond acceptors (Lipinski definition) is 2. The monoisotopic (exact) mass is 404 g/mol. The Morgan fingerprint density at radius 1 is 0.760 bits per heavy atom. The SMILES string of the molecule is CC/C(=C(/CC)c1ccc(O)cc1)c1ccc(O)cc1.FC(Cl)(Cl)Cl. The summed E-state index contributed by atoms with van der Waals surface area (Å²) in [5, 5.41) is 18.8. The average molecular weight is 406 g/mol. The molecular weight excluding hydrogens is 386 g/mol. The van der Waals surface area contributed by atoms with Crippen molar-refractivity contribution in [2.45, 2.75) is 30.7 Å². The van der Waals surface area contributed by atoms with Crippen LogP contribution in [0.3, 0.4) is 0 Å². The second-order valence-electron chi connectivity index (χ2n) is 5.19. The molecule has 0 radical (unpaired) electrons. The van der Waals surface area contributed by atoms with Gasteiger partial charge in [-0.15, -0.1) is 0 Å². The number of allylic oxidation sites excluding steroid dienone is 2. The Kier molecular flexibility index (Phi) is 8.57. The summed E-state index contributed by atoms with van der Waals surface area (Å²) >= 11 is 13.2. The Hall–Kier alpha value is -1.42. The molecule has 0 amide bonds. The van der Waals surface area contributed by atoms with Crippen molar-refractivity contribution in [1.29, 1.82) is 0 Å². The van der Waals surface area contributed by atoms with Gasteiger partial charge < -0.3 is 10.2 Å². The number of rotatable bonds is 4. The topological polar surface area (TPSA) is 40.5 Å². The molecule has 0 aliphatic rings. The Labute approximate surface area is 162 Å². The van der Waals surface area contributed by atoms with Gasteiger partial charge >= 0.3 is 4.05 Å². The molecule has 0 saturated heterocycles. The van der Waals surface area contributed by atoms with E-state index in [1.807, 2.05) is 24.3 Å². The first-order valence-corrected chi connectivity index (χ1v) is 8.85. The molecule has 0 aliphatic heterocycles. The first-order chi connectivity index (χ1) is 11.7. The maximum absolute atomic E-state index is 11.0. The van der Waals surface area contributed by atoms with Crippen LogP contribution in [0.2, 0.25) is 0 Å². The van der Waals surface area contributed by atoms with Crippen LogP contribution >= 0.6 is 34.8 Å². The van der Waals surface area contributed by atoms with Gasteiger partial charge in [0, 0.05) is 0 Å². The fourth-order valence-electron chi connectivity index (χ4n) is 2.51. The molecule has 0 spiro atoms. The second-order valence-corrected chi connectivity index (χ2v) is 7.33. The number of phenols is 2. The second kappa shape index (κ2) is 9.91. The molecule has 0 unspecified atom stereocenters. The van der Waals surface area contributed by atoms with Crippen LogP contribution in [0.5, 0.6) is 11.5 Å². The fraction of sp³-hybridized carbons (Fsp3) is 0.263. The van der Waals surface area contributed by atoms with E-state index in [2.05, 4.69) is 48.7 Å². The first kappa shape index (κ1) is 21.6. The third-order valence-electron chi connectivity index (χ3n) is 3.50. The summed E-state index contributed by atoms with van der Waals surface area (Å²) in [5.74, 6) is 0.568. The summed E-state index contributed by atoms with van der Waals surface area (Å²) in [7, 11) is 0. The zero-order valence-corrected chi connectivity index (χ0v) is 16.2. The summed E-state index contributed by atoms with van der Waals surface area (Å²) in [6, 6.07) is 14.7. The maximum atomic E-state index is 11.0. The van der Waals surface area contributed by atoms with Crippen LogP contribution in [0.1, 0.15) is 37.8 Å². The molecule has 0 aliphatic carbocycles. The van der Waals surface area contributed by atoms with Gasteiger partial charge in [0.25, 0.3) is 0 Å². The standard InChI is InChI=1S/C18H20O2.CCl3F/c1-3-17(13-5-9-15(19)10-6-13)18(4-2)14-7-11-16(20)12-8-14;2-1(3,4)5/h5-12,19-20H,3-4H2,1-2H3;/b18-17+;. The number of aromatic hydroxyl groups is 2. The molecule has 0 saturated carbocycles. The summed E-state index contributed by atoms with van der Waals surface area (Å²) in [6.45, 7) is 4.27. The minimum atomic E-state index is -2.58. The molecule has 25 heavy (non-hydrogen) atoms. The van der Waals surface area contributed by atoms with Crippen LogP contribution in [0, 0.1) is 0 Å². The van der Waals surface area contributed by atoms with Crippen LogP contribution < -0.4 is 0 Å². The number of halogens is 4. The van der Waals surface area contributed by atoms with Crippen molar-refractivity contribution in [2.24, 2.45) is 0 Å². The molecule has 0 bridgehead atoms. The first-order valence-electron chi connectivity index (χ1n) is 7.72. The van der Waals surface area contributed by atoms with Crippen molar-refractivity contribution < 1.29 is 14.6 Å². The predicted molar refractivity (Wildman–Crippen MR) is 105 cm³/mol. The Morgan fingerprint density at radius 2 is 1.00 bits per heavy atom. The van der Waals surface area contributed by atoms with Crippen molar-refractivity contribution in [1.82, 2.24) is 0 Å². The minimum Gasteiger partial charge on any atom is -0.508 e. The van der Waals surface area contributed by atoms with Gasteiger partial charge in [0.05, 0.1) is 0 Å². The predicted octanol–water partition coefficient (Wildman–Crippen LogP) is 7.11. The summed E-state index contributed by atoms with van der Waals surface area (Å²) < 4.78 is 8.40. The zero-order chi connectivity index (χ0) is 19.0. The molecule has 0 aromatic heterocycles. The molecule has 0 atom stereocenters. The van der Waals surface area contributed by atoms with E-state index >= 15 is 0 Å². The van der Waals surface area contributed by atoms with E-state index in [0.29, 0.717) is 0 Å². The lowest BCUT2D eigenvalue weighted by Crippen LogP contribution is -1.91. The molecule has 2 aromatic carbocycles. The maximum Gasteiger partial charge on any atom is 0.333 e. The molecule has 2 aromatic rings. The van der Waals surface area contributed by atoms with Crippen molar-refractivity contribution in [3.05, 3.63) is 59.7 Å². The van der Waals surface area contributed by atoms with Gasteiger partial charge in [-0.3, -0.25) is 0 Å². The number of benzene rings is 2. The van der Waals surface area contributed by atoms with Crippen molar-refractivity contribution in [3.8, 4) is 11.5 Å². The van der Waals surface area contributed by atoms with E-state index in [0.717, 1.165) is 24.0 Å². The van der Waals surface area contributed by atoms with Crippen LogP contribution in [0.25, 0.3) is 11.1 Å². The highest BCUT2D eigenvalue weighted by molar-refractivity contribution is 6.66. The third kappa shape index (κ3) is 8.00. The van der Waals surface area contributed by atoms with Gasteiger partial charge in [0.15, 0.2) is 0 Å². The van der Waals surface area contributed by atoms with Crippen LogP contribution in [-0.4, -0.2) is 14.3 Å². The summed E-state index contributed by atoms with van der Waals surface area (Å²) in [4.78, 5) is 0. The van der Waals surface area contributed by atoms with Gasteiger partial charge in [-0.25, -0.2) is 0 Å². The van der Waals surface area contributed by atoms with Crippen LogP contribution in [0.15, 0.2) is 48.5 Å². The normalized spacial score (nSPS) is 12.1. The zero-order valence-electron chi connectivity index (χ0n) is 13.9. The highest BCUT2D eigenvalue weighted by atomic mass is 35.6. The largest absolute Gasteiger partial charge is 0.508 e. The molecule has 6 heteroatoms. The molecular formula is C19H20Cl3FO2. The van der Waals surface area contributed by atoms with Crippen LogP contribution in [-0.2, 0) is 0 Å². The lowest BCUT2D eigenvalue weighted by Gasteiger charge is -2.14. The summed E-state index contributed by atoms with van der Waals surface area (Å²) in [5.41, 5.74) is 4.82. The van der Waals surface area contributed by atoms with E-state index in [1.54, 1.807) is 24.3 Å². The van der Waals surface area contributed by atoms with E-state index in [-0.39, 0.29) is 11.5 Å². The van der Waals surface area contributed by atoms with Crippen molar-refractivity contribution >= 4 is 45.9 Å². The molecule has 136 valence electrons. The van der Waals surface area contributed by atoms with Crippen molar-refractivity contribution in [3.63, 3.8) is 0 Å². The number of alkyl halides is 4. The van der Waals surface area contributed by atoms with Gasteiger partial charge in [-0.05, 0) is 94.2 Å². The van der Waals surface area contributed by atoms with Gasteiger partial charge in [-0.2, -0.15) is 4.39 Å². The third-order valence-corrected chi connectivity index (χ3v) is 3.50. The van der Waals surface area contributed by atoms with E-state index in [4.69, 9.17) is 0 Å². The molecule has 0 heterocycles. The van der Waals surface area contributed by atoms with E-state index in [9.17, 15) is 14.6 Å². The Balaban J connectivity index is 0.000000550. The van der Waals surface area contributed by atoms with Gasteiger partial charge in [0.1, 0.15) is 11.5 Å². The lowest BCUT2D eigenvalue weighted by molar-refractivity contribution is 0.474. The number of phenolic OH excluding ortho intramolecular Hbond substituents is 2. The molecule has 0 fully saturated rings. The lowest BCUT2D eigenvalue weighted by atomic mass is 9.91.